The predicted octanol–water partition coefficient (Wildman–Crippen LogP) is 2.64. The molecule has 0 unspecified atom stereocenters. The van der Waals surface area contributed by atoms with E-state index in [-0.39, 0.29) is 28.6 Å². The number of carbonyl (C=O) groups excluding carboxylic acids is 1. The lowest BCUT2D eigenvalue weighted by atomic mass is 10.2. The molecule has 10 nitrogen and oxygen atoms in total. The number of methoxy groups -OCH3 is 1. The first-order chi connectivity index (χ1) is 18.0. The third kappa shape index (κ3) is 6.82. The largest absolute Gasteiger partial charge is 0.495 e. The summed E-state index contributed by atoms with van der Waals surface area (Å²) in [5.41, 5.74) is 1.13. The number of nitrogens with one attached hydrogen (secondary N) is 1. The number of rotatable bonds is 12. The summed E-state index contributed by atoms with van der Waals surface area (Å²) >= 11 is 0. The number of sulfonamides is 2. The van der Waals surface area contributed by atoms with Crippen LogP contribution in [0.15, 0.2) is 82.6 Å². The SMILES string of the molecule is COc1ccccc1N(CC(=O)NCCOc1ccc(S(=O)(=O)N(C)C)cc1)S(=O)(=O)c1ccc(C)cc1. The molecule has 0 spiro atoms. The molecule has 0 saturated heterocycles. The Morgan fingerprint density at radius 1 is 0.842 bits per heavy atom. The molecule has 204 valence electrons. The predicted molar refractivity (Wildman–Crippen MR) is 145 cm³/mol. The number of hydrogen-bond acceptors (Lipinski definition) is 7. The van der Waals surface area contributed by atoms with E-state index in [4.69, 9.17) is 9.47 Å². The van der Waals surface area contributed by atoms with Gasteiger partial charge >= 0.3 is 0 Å². The molecule has 0 atom stereocenters. The van der Waals surface area contributed by atoms with Gasteiger partial charge in [-0.15, -0.1) is 0 Å². The first-order valence-corrected chi connectivity index (χ1v) is 14.5. The lowest BCUT2D eigenvalue weighted by Crippen LogP contribution is -2.42. The van der Waals surface area contributed by atoms with E-state index in [9.17, 15) is 21.6 Å². The molecular formula is C26H31N3O7S2. The van der Waals surface area contributed by atoms with Crippen molar-refractivity contribution in [3.63, 3.8) is 0 Å². The third-order valence-electron chi connectivity index (χ3n) is 5.55. The van der Waals surface area contributed by atoms with Gasteiger partial charge in [0.2, 0.25) is 15.9 Å². The first-order valence-electron chi connectivity index (χ1n) is 11.6. The van der Waals surface area contributed by atoms with Gasteiger partial charge in [-0.3, -0.25) is 9.10 Å². The van der Waals surface area contributed by atoms with Gasteiger partial charge < -0.3 is 14.8 Å². The van der Waals surface area contributed by atoms with Crippen LogP contribution < -0.4 is 19.1 Å². The van der Waals surface area contributed by atoms with Crippen molar-refractivity contribution in [3.8, 4) is 11.5 Å². The molecule has 3 aromatic rings. The number of nitrogens with zero attached hydrogens (tertiary/aromatic N) is 2. The van der Waals surface area contributed by atoms with Gasteiger partial charge in [0.1, 0.15) is 24.7 Å². The second-order valence-corrected chi connectivity index (χ2v) is 12.5. The van der Waals surface area contributed by atoms with Crippen LogP contribution in [0.2, 0.25) is 0 Å². The zero-order chi connectivity index (χ0) is 27.9. The minimum atomic E-state index is -4.09. The lowest BCUT2D eigenvalue weighted by Gasteiger charge is -2.25. The molecule has 3 aromatic carbocycles. The quantitative estimate of drug-likeness (QED) is 0.337. The highest BCUT2D eigenvalue weighted by Crippen LogP contribution is 2.32. The van der Waals surface area contributed by atoms with Crippen molar-refractivity contribution in [3.05, 3.63) is 78.4 Å². The summed E-state index contributed by atoms with van der Waals surface area (Å²) in [6, 6.07) is 18.8. The van der Waals surface area contributed by atoms with Crippen LogP contribution in [-0.2, 0) is 24.8 Å². The van der Waals surface area contributed by atoms with Gasteiger partial charge in [-0.1, -0.05) is 29.8 Å². The highest BCUT2D eigenvalue weighted by molar-refractivity contribution is 7.92. The number of anilines is 1. The normalized spacial score (nSPS) is 11.7. The van der Waals surface area contributed by atoms with Gasteiger partial charge in [0, 0.05) is 14.1 Å². The molecule has 38 heavy (non-hydrogen) atoms. The van der Waals surface area contributed by atoms with Crippen LogP contribution in [0.5, 0.6) is 11.5 Å². The van der Waals surface area contributed by atoms with E-state index in [1.807, 2.05) is 6.92 Å². The summed E-state index contributed by atoms with van der Waals surface area (Å²) < 4.78 is 64.4. The first kappa shape index (κ1) is 29.0. The van der Waals surface area contributed by atoms with Crippen molar-refractivity contribution in [1.82, 2.24) is 9.62 Å². The summed E-state index contributed by atoms with van der Waals surface area (Å²) in [5, 5.41) is 2.66. The Bertz CT molecular complexity index is 1460. The summed E-state index contributed by atoms with van der Waals surface area (Å²) in [6.45, 7) is 1.56. The van der Waals surface area contributed by atoms with E-state index < -0.39 is 32.5 Å². The van der Waals surface area contributed by atoms with E-state index in [0.29, 0.717) is 11.5 Å². The minimum absolute atomic E-state index is 0.0462. The number of benzene rings is 3. The van der Waals surface area contributed by atoms with Crippen molar-refractivity contribution < 1.29 is 31.1 Å². The van der Waals surface area contributed by atoms with Gasteiger partial charge in [0.05, 0.1) is 29.1 Å². The average Bonchev–Trinajstić information content (AvgIpc) is 2.90. The van der Waals surface area contributed by atoms with Crippen LogP contribution in [-0.4, -0.2) is 67.9 Å². The van der Waals surface area contributed by atoms with E-state index in [1.165, 1.54) is 57.6 Å². The molecular weight excluding hydrogens is 530 g/mol. The van der Waals surface area contributed by atoms with E-state index in [2.05, 4.69) is 5.32 Å². The molecule has 0 bridgehead atoms. The van der Waals surface area contributed by atoms with Crippen molar-refractivity contribution in [2.45, 2.75) is 16.7 Å². The molecule has 3 rings (SSSR count). The molecule has 0 fully saturated rings. The minimum Gasteiger partial charge on any atom is -0.495 e. The van der Waals surface area contributed by atoms with Gasteiger partial charge in [0.15, 0.2) is 0 Å². The summed E-state index contributed by atoms with van der Waals surface area (Å²) in [6.07, 6.45) is 0. The van der Waals surface area contributed by atoms with Gasteiger partial charge in [-0.25, -0.2) is 21.1 Å². The fourth-order valence-corrected chi connectivity index (χ4v) is 5.77. The Morgan fingerprint density at radius 2 is 1.42 bits per heavy atom. The van der Waals surface area contributed by atoms with Crippen LogP contribution >= 0.6 is 0 Å². The fourth-order valence-electron chi connectivity index (χ4n) is 3.44. The van der Waals surface area contributed by atoms with Crippen molar-refractivity contribution in [1.29, 1.82) is 0 Å². The molecule has 0 heterocycles. The monoisotopic (exact) mass is 561 g/mol. The van der Waals surface area contributed by atoms with Gasteiger partial charge in [-0.05, 0) is 55.5 Å². The van der Waals surface area contributed by atoms with Crippen molar-refractivity contribution >= 4 is 31.6 Å². The molecule has 12 heteroatoms. The number of amides is 1. The molecule has 0 aliphatic rings. The standard InChI is InChI=1S/C26H31N3O7S2/c1-20-9-13-23(14-10-20)38(33,34)29(24-7-5-6-8-25(24)35-4)19-26(30)27-17-18-36-21-11-15-22(16-12-21)37(31,32)28(2)3/h5-16H,17-19H2,1-4H3,(H,27,30). The van der Waals surface area contributed by atoms with Gasteiger partial charge in [0.25, 0.3) is 10.0 Å². The number of hydrogen-bond donors (Lipinski definition) is 1. The van der Waals surface area contributed by atoms with E-state index in [1.54, 1.807) is 36.4 Å². The van der Waals surface area contributed by atoms with Crippen LogP contribution in [0.25, 0.3) is 0 Å². The maximum absolute atomic E-state index is 13.5. The Labute approximate surface area is 223 Å². The smallest absolute Gasteiger partial charge is 0.264 e. The van der Waals surface area contributed by atoms with E-state index in [0.717, 1.165) is 14.2 Å². The maximum Gasteiger partial charge on any atom is 0.264 e. The maximum atomic E-state index is 13.5. The van der Waals surface area contributed by atoms with Gasteiger partial charge in [-0.2, -0.15) is 0 Å². The van der Waals surface area contributed by atoms with Crippen LogP contribution in [0.3, 0.4) is 0 Å². The fraction of sp³-hybridized carbons (Fsp3) is 0.269. The highest BCUT2D eigenvalue weighted by atomic mass is 32.2. The van der Waals surface area contributed by atoms with Crippen molar-refractivity contribution in [2.75, 3.05) is 45.2 Å². The summed E-state index contributed by atoms with van der Waals surface area (Å²) in [7, 11) is -3.31. The number of para-hydroxylation sites is 2. The second-order valence-electron chi connectivity index (χ2n) is 8.45. The Morgan fingerprint density at radius 3 is 2.03 bits per heavy atom. The van der Waals surface area contributed by atoms with Crippen LogP contribution in [0, 0.1) is 6.92 Å². The average molecular weight is 562 g/mol. The number of carbonyl (C=O) groups is 1. The molecule has 0 aromatic heterocycles. The molecule has 1 amide bonds. The molecule has 0 saturated carbocycles. The molecule has 1 N–H and O–H groups in total. The van der Waals surface area contributed by atoms with E-state index >= 15 is 0 Å². The highest BCUT2D eigenvalue weighted by Gasteiger charge is 2.29. The number of aryl methyl sites for hydroxylation is 1. The summed E-state index contributed by atoms with van der Waals surface area (Å²) in [4.78, 5) is 13.0. The van der Waals surface area contributed by atoms with Crippen LogP contribution in [0.1, 0.15) is 5.56 Å². The zero-order valence-corrected chi connectivity index (χ0v) is 23.3. The molecule has 0 radical (unpaired) electrons. The zero-order valence-electron chi connectivity index (χ0n) is 21.6. The third-order valence-corrected chi connectivity index (χ3v) is 9.15. The molecule has 0 aliphatic heterocycles. The second kappa shape index (κ2) is 12.3. The van der Waals surface area contributed by atoms with Crippen molar-refractivity contribution in [2.24, 2.45) is 0 Å². The molecule has 0 aliphatic carbocycles. The topological polar surface area (TPSA) is 122 Å². The Balaban J connectivity index is 1.68. The Hall–Kier alpha value is -3.61. The van der Waals surface area contributed by atoms with Crippen LogP contribution in [0.4, 0.5) is 5.69 Å². The Kier molecular flexibility index (Phi) is 9.36. The number of ether oxygens (including phenoxy) is 2. The summed E-state index contributed by atoms with van der Waals surface area (Å²) in [5.74, 6) is 0.191. The lowest BCUT2D eigenvalue weighted by molar-refractivity contribution is -0.119.